The summed E-state index contributed by atoms with van der Waals surface area (Å²) < 4.78 is 47.4. The number of carbonyl (C=O) groups is 2. The molecule has 0 spiro atoms. The van der Waals surface area contributed by atoms with E-state index in [2.05, 4.69) is 11.9 Å². The molecule has 3 atom stereocenters. The Kier molecular flexibility index (Phi) is 8.32. The molecule has 6 nitrogen and oxygen atoms in total. The number of nitrogens with zero attached hydrogens (tertiary/aromatic N) is 1. The Balaban J connectivity index is 1.73. The van der Waals surface area contributed by atoms with Gasteiger partial charge in [-0.2, -0.15) is 13.2 Å². The fourth-order valence-corrected chi connectivity index (χ4v) is 6.02. The van der Waals surface area contributed by atoms with Gasteiger partial charge in [0.1, 0.15) is 11.3 Å². The number of nitrogens with one attached hydrogen (secondary N) is 1. The van der Waals surface area contributed by atoms with Crippen LogP contribution in [-0.2, 0) is 15.0 Å². The summed E-state index contributed by atoms with van der Waals surface area (Å²) in [7, 11) is 0. The van der Waals surface area contributed by atoms with E-state index in [0.717, 1.165) is 24.5 Å². The molecule has 1 aliphatic carbocycles. The molecule has 1 aliphatic heterocycles. The number of β-amino-alcohol motifs (C(OH)–C–C–N with tert-alkyl or cyclic N) is 1. The third-order valence-electron chi connectivity index (χ3n) is 7.75. The third-order valence-corrected chi connectivity index (χ3v) is 7.75. The van der Waals surface area contributed by atoms with Crippen molar-refractivity contribution < 1.29 is 32.6 Å². The number of halogens is 3. The predicted octanol–water partition coefficient (Wildman–Crippen LogP) is 5.13. The lowest BCUT2D eigenvalue weighted by Gasteiger charge is -2.59. The molecule has 39 heavy (non-hydrogen) atoms. The number of carbonyl (C=O) groups excluding carboxylic acids is 2. The number of aliphatic hydroxyl groups is 1. The molecule has 208 valence electrons. The van der Waals surface area contributed by atoms with Crippen LogP contribution < -0.4 is 10.1 Å². The third kappa shape index (κ3) is 6.09. The van der Waals surface area contributed by atoms with Gasteiger partial charge in [-0.25, -0.2) is 0 Å². The summed E-state index contributed by atoms with van der Waals surface area (Å²) in [5, 5.41) is 14.7. The normalized spacial score (nSPS) is 25.9. The van der Waals surface area contributed by atoms with Crippen molar-refractivity contribution in [2.24, 2.45) is 0 Å². The van der Waals surface area contributed by atoms with Crippen LogP contribution in [0.2, 0.25) is 0 Å². The first-order valence-corrected chi connectivity index (χ1v) is 13.0. The van der Waals surface area contributed by atoms with E-state index >= 15 is 0 Å². The van der Waals surface area contributed by atoms with E-state index in [9.17, 15) is 27.9 Å². The first-order valence-electron chi connectivity index (χ1n) is 13.0. The van der Waals surface area contributed by atoms with Gasteiger partial charge < -0.3 is 15.2 Å². The van der Waals surface area contributed by atoms with Gasteiger partial charge >= 0.3 is 12.1 Å². The van der Waals surface area contributed by atoms with E-state index in [1.54, 1.807) is 47.4 Å². The van der Waals surface area contributed by atoms with E-state index in [1.807, 2.05) is 6.07 Å². The number of rotatable bonds is 7. The Hall–Kier alpha value is -3.43. The number of fused-ring (bicyclic) bond motifs is 1. The van der Waals surface area contributed by atoms with Gasteiger partial charge in [0.25, 0.3) is 5.91 Å². The number of benzene rings is 2. The fraction of sp³-hybridized carbons (Fsp3) is 0.400. The Morgan fingerprint density at radius 1 is 1.15 bits per heavy atom. The highest BCUT2D eigenvalue weighted by molar-refractivity contribution is 5.99. The molecule has 2 aliphatic rings. The van der Waals surface area contributed by atoms with Crippen LogP contribution in [0, 0.1) is 0 Å². The molecular formula is C30H33F3N2O4. The van der Waals surface area contributed by atoms with Crippen molar-refractivity contribution >= 4 is 18.0 Å². The maximum absolute atomic E-state index is 14.0. The molecule has 2 aromatic carbocycles. The number of hydrogen-bond donors (Lipinski definition) is 2. The molecule has 2 fully saturated rings. The predicted molar refractivity (Wildman–Crippen MR) is 142 cm³/mol. The highest BCUT2D eigenvalue weighted by Gasteiger charge is 2.58. The Labute approximate surface area is 226 Å². The van der Waals surface area contributed by atoms with Gasteiger partial charge in [0, 0.05) is 25.4 Å². The number of esters is 1. The Morgan fingerprint density at radius 2 is 1.87 bits per heavy atom. The number of piperidine rings is 1. The molecule has 1 unspecified atom stereocenters. The molecule has 1 saturated carbocycles. The average Bonchev–Trinajstić information content (AvgIpc) is 2.87. The maximum Gasteiger partial charge on any atom is 0.421 e. The minimum Gasteiger partial charge on any atom is -0.427 e. The molecule has 1 heterocycles. The zero-order valence-electron chi connectivity index (χ0n) is 21.8. The van der Waals surface area contributed by atoms with Gasteiger partial charge in [0.15, 0.2) is 0 Å². The number of likely N-dealkylation sites (tertiary alicyclic amines) is 1. The number of ether oxygens (including phenoxy) is 1. The molecule has 9 heteroatoms. The molecule has 4 rings (SSSR count). The lowest BCUT2D eigenvalue weighted by molar-refractivity contribution is -0.149. The van der Waals surface area contributed by atoms with Crippen molar-refractivity contribution in [2.45, 2.75) is 62.4 Å². The first-order chi connectivity index (χ1) is 18.5. The molecule has 0 aromatic heterocycles. The number of hydrogen-bond acceptors (Lipinski definition) is 5. The molecular weight excluding hydrogens is 509 g/mol. The van der Waals surface area contributed by atoms with Crippen LogP contribution >= 0.6 is 0 Å². The van der Waals surface area contributed by atoms with Crippen molar-refractivity contribution in [1.82, 2.24) is 10.2 Å². The largest absolute Gasteiger partial charge is 0.427 e. The monoisotopic (exact) mass is 542 g/mol. The van der Waals surface area contributed by atoms with Crippen molar-refractivity contribution in [3.05, 3.63) is 84.0 Å². The zero-order chi connectivity index (χ0) is 28.3. The minimum absolute atomic E-state index is 0.130. The molecule has 2 aromatic rings. The fourth-order valence-electron chi connectivity index (χ4n) is 6.02. The summed E-state index contributed by atoms with van der Waals surface area (Å²) in [4.78, 5) is 26.5. The van der Waals surface area contributed by atoms with Crippen molar-refractivity contribution in [2.75, 3.05) is 13.1 Å². The van der Waals surface area contributed by atoms with Crippen LogP contribution in [0.4, 0.5) is 13.2 Å². The Bertz CT molecular complexity index is 1250. The number of alkyl halides is 3. The second kappa shape index (κ2) is 11.4. The second-order valence-corrected chi connectivity index (χ2v) is 10.3. The second-order valence-electron chi connectivity index (χ2n) is 10.3. The highest BCUT2D eigenvalue weighted by atomic mass is 19.4. The average molecular weight is 543 g/mol. The zero-order valence-corrected chi connectivity index (χ0v) is 21.8. The van der Waals surface area contributed by atoms with Crippen LogP contribution in [0.15, 0.2) is 72.8 Å². The van der Waals surface area contributed by atoms with E-state index in [4.69, 9.17) is 4.74 Å². The molecule has 1 amide bonds. The Morgan fingerprint density at radius 3 is 2.54 bits per heavy atom. The van der Waals surface area contributed by atoms with Crippen LogP contribution in [-0.4, -0.2) is 52.9 Å². The first kappa shape index (κ1) is 28.6. The van der Waals surface area contributed by atoms with Gasteiger partial charge in [0.05, 0.1) is 11.8 Å². The quantitative estimate of drug-likeness (QED) is 0.219. The van der Waals surface area contributed by atoms with Crippen LogP contribution in [0.3, 0.4) is 0 Å². The summed E-state index contributed by atoms with van der Waals surface area (Å²) in [6, 6.07) is 14.8. The van der Waals surface area contributed by atoms with Crippen LogP contribution in [0.5, 0.6) is 5.75 Å². The van der Waals surface area contributed by atoms with E-state index in [1.165, 1.54) is 19.1 Å². The minimum atomic E-state index is -4.88. The smallest absolute Gasteiger partial charge is 0.421 e. The highest BCUT2D eigenvalue weighted by Crippen LogP contribution is 2.53. The van der Waals surface area contributed by atoms with Gasteiger partial charge in [-0.05, 0) is 48.6 Å². The van der Waals surface area contributed by atoms with Gasteiger partial charge in [-0.3, -0.25) is 14.5 Å². The van der Waals surface area contributed by atoms with E-state index in [-0.39, 0.29) is 25.1 Å². The maximum atomic E-state index is 14.0. The summed E-state index contributed by atoms with van der Waals surface area (Å²) in [5.41, 5.74) is -2.42. The van der Waals surface area contributed by atoms with E-state index in [0.29, 0.717) is 18.6 Å². The van der Waals surface area contributed by atoms with Crippen molar-refractivity contribution in [3.8, 4) is 5.75 Å². The summed E-state index contributed by atoms with van der Waals surface area (Å²) in [5.74, 6) is -1.41. The summed E-state index contributed by atoms with van der Waals surface area (Å²) in [6.07, 6.45) is -0.442. The molecule has 1 saturated heterocycles. The van der Waals surface area contributed by atoms with Gasteiger partial charge in [0.2, 0.25) is 0 Å². The summed E-state index contributed by atoms with van der Waals surface area (Å²) in [6.45, 7) is 5.45. The SMILES string of the molecule is C=CCN1CC2(O)CCCC[C@@]2(c2cccc(OC(C)=O)c2)C[C@H]1NC(=O)C(=Cc1ccccc1)C(F)(F)F. The lowest BCUT2D eigenvalue weighted by atomic mass is 9.55. The molecule has 0 radical (unpaired) electrons. The number of amides is 1. The van der Waals surface area contributed by atoms with Crippen molar-refractivity contribution in [3.63, 3.8) is 0 Å². The van der Waals surface area contributed by atoms with E-state index < -0.39 is 40.8 Å². The topological polar surface area (TPSA) is 78.9 Å². The van der Waals surface area contributed by atoms with Crippen LogP contribution in [0.25, 0.3) is 6.08 Å². The van der Waals surface area contributed by atoms with Gasteiger partial charge in [-0.15, -0.1) is 6.58 Å². The van der Waals surface area contributed by atoms with Gasteiger partial charge in [-0.1, -0.05) is 61.4 Å². The lowest BCUT2D eigenvalue weighted by Crippen LogP contribution is -2.69. The molecule has 2 N–H and O–H groups in total. The van der Waals surface area contributed by atoms with Crippen LogP contribution in [0.1, 0.15) is 50.2 Å². The standard InChI is InChI=1S/C30H33F3N2O4/c1-3-16-35-20-29(38)15-8-7-14-28(29,23-12-9-13-24(18-23)39-21(2)36)19-26(35)34-27(37)25(30(31,32)33)17-22-10-5-4-6-11-22/h3-6,9-13,17-18,26,38H,1,7-8,14-16,19-20H2,2H3,(H,34,37)/t26-,28-,29?/m0/s1. The summed E-state index contributed by atoms with van der Waals surface area (Å²) >= 11 is 0. The van der Waals surface area contributed by atoms with Crippen molar-refractivity contribution in [1.29, 1.82) is 0 Å². The molecule has 0 bridgehead atoms.